The number of anilines is 1. The molecule has 0 aliphatic heterocycles. The Balaban J connectivity index is 3.13. The van der Waals surface area contributed by atoms with Gasteiger partial charge in [0, 0.05) is 19.1 Å². The predicted octanol–water partition coefficient (Wildman–Crippen LogP) is 0.469. The molecule has 1 rings (SSSR count). The van der Waals surface area contributed by atoms with Crippen molar-refractivity contribution in [1.82, 2.24) is 0 Å². The molecule has 7 nitrogen and oxygen atoms in total. The lowest BCUT2D eigenvalue weighted by Crippen LogP contribution is -2.12. The van der Waals surface area contributed by atoms with E-state index in [9.17, 15) is 21.6 Å². The number of hydrogen-bond donors (Lipinski definition) is 1. The molecule has 21 heavy (non-hydrogen) atoms. The van der Waals surface area contributed by atoms with Crippen LogP contribution in [0.25, 0.3) is 0 Å². The third-order valence-corrected chi connectivity index (χ3v) is 4.90. The van der Waals surface area contributed by atoms with Crippen LogP contribution in [0.3, 0.4) is 0 Å². The largest absolute Gasteiger partial charge is 0.469 e. The van der Waals surface area contributed by atoms with E-state index in [1.807, 2.05) is 0 Å². The van der Waals surface area contributed by atoms with Gasteiger partial charge in [-0.25, -0.2) is 16.8 Å². The second-order valence-electron chi connectivity index (χ2n) is 4.46. The molecule has 0 spiro atoms. The molecule has 1 aromatic rings. The SMILES string of the molecule is COC(=O)CCNc1ccc(S(C)(=O)=O)cc1S(C)(=O)=O. The lowest BCUT2D eigenvalue weighted by Gasteiger charge is -2.11. The smallest absolute Gasteiger partial charge is 0.307 e. The Morgan fingerprint density at radius 1 is 1.14 bits per heavy atom. The summed E-state index contributed by atoms with van der Waals surface area (Å²) in [5, 5.41) is 2.79. The average molecular weight is 335 g/mol. The van der Waals surface area contributed by atoms with E-state index in [-0.39, 0.29) is 28.4 Å². The molecule has 1 aromatic carbocycles. The normalized spacial score (nSPS) is 12.0. The van der Waals surface area contributed by atoms with Crippen molar-refractivity contribution >= 4 is 31.3 Å². The van der Waals surface area contributed by atoms with Crippen LogP contribution in [-0.2, 0) is 29.2 Å². The van der Waals surface area contributed by atoms with Crippen LogP contribution in [-0.4, -0.2) is 49.0 Å². The first-order valence-electron chi connectivity index (χ1n) is 5.90. The first kappa shape index (κ1) is 17.4. The summed E-state index contributed by atoms with van der Waals surface area (Å²) in [6, 6.07) is 3.78. The van der Waals surface area contributed by atoms with Crippen LogP contribution in [0.2, 0.25) is 0 Å². The Kier molecular flexibility index (Phi) is 5.35. The van der Waals surface area contributed by atoms with Crippen LogP contribution in [0, 0.1) is 0 Å². The number of carbonyl (C=O) groups is 1. The molecular formula is C12H17NO6S2. The Morgan fingerprint density at radius 3 is 2.24 bits per heavy atom. The number of sulfone groups is 2. The van der Waals surface area contributed by atoms with Gasteiger partial charge >= 0.3 is 5.97 Å². The van der Waals surface area contributed by atoms with Crippen LogP contribution in [0.4, 0.5) is 5.69 Å². The van der Waals surface area contributed by atoms with Gasteiger partial charge in [-0.15, -0.1) is 0 Å². The molecule has 0 fully saturated rings. The van der Waals surface area contributed by atoms with Gasteiger partial charge in [-0.3, -0.25) is 4.79 Å². The summed E-state index contributed by atoms with van der Waals surface area (Å²) in [4.78, 5) is 10.8. The number of rotatable bonds is 6. The molecule has 0 saturated heterocycles. The van der Waals surface area contributed by atoms with Gasteiger partial charge in [-0.2, -0.15) is 0 Å². The van der Waals surface area contributed by atoms with Crippen LogP contribution in [0.1, 0.15) is 6.42 Å². The predicted molar refractivity (Wildman–Crippen MR) is 77.8 cm³/mol. The number of hydrogen-bond acceptors (Lipinski definition) is 7. The first-order valence-corrected chi connectivity index (χ1v) is 9.69. The molecule has 9 heteroatoms. The molecular weight excluding hydrogens is 318 g/mol. The maximum atomic E-state index is 11.8. The lowest BCUT2D eigenvalue weighted by atomic mass is 10.3. The number of nitrogens with one attached hydrogen (secondary N) is 1. The Labute approximate surface area is 124 Å². The number of carbonyl (C=O) groups excluding carboxylic acids is 1. The summed E-state index contributed by atoms with van der Waals surface area (Å²) in [6.45, 7) is 0.174. The molecule has 0 aliphatic carbocycles. The van der Waals surface area contributed by atoms with E-state index in [4.69, 9.17) is 0 Å². The molecule has 0 aromatic heterocycles. The number of esters is 1. The van der Waals surface area contributed by atoms with E-state index in [0.717, 1.165) is 18.6 Å². The van der Waals surface area contributed by atoms with Crippen molar-refractivity contribution in [3.63, 3.8) is 0 Å². The maximum Gasteiger partial charge on any atom is 0.307 e. The topological polar surface area (TPSA) is 107 Å². The molecule has 0 amide bonds. The van der Waals surface area contributed by atoms with Gasteiger partial charge in [0.2, 0.25) is 0 Å². The third-order valence-electron chi connectivity index (χ3n) is 2.65. The zero-order chi connectivity index (χ0) is 16.3. The fourth-order valence-corrected chi connectivity index (χ4v) is 3.19. The molecule has 0 bridgehead atoms. The van der Waals surface area contributed by atoms with Gasteiger partial charge in [0.25, 0.3) is 0 Å². The summed E-state index contributed by atoms with van der Waals surface area (Å²) < 4.78 is 51.0. The number of benzene rings is 1. The standard InChI is InChI=1S/C12H17NO6S2/c1-19-12(14)6-7-13-10-5-4-9(20(2,15)16)8-11(10)21(3,17)18/h4-5,8,13H,6-7H2,1-3H3. The molecule has 0 saturated carbocycles. The van der Waals surface area contributed by atoms with Crippen LogP contribution < -0.4 is 5.32 Å². The van der Waals surface area contributed by atoms with Crippen molar-refractivity contribution in [1.29, 1.82) is 0 Å². The summed E-state index contributed by atoms with van der Waals surface area (Å²) in [6.07, 6.45) is 2.05. The highest BCUT2D eigenvalue weighted by Gasteiger charge is 2.17. The maximum absolute atomic E-state index is 11.8. The summed E-state index contributed by atoms with van der Waals surface area (Å²) in [5.41, 5.74) is 0.244. The van der Waals surface area contributed by atoms with Crippen LogP contribution >= 0.6 is 0 Å². The highest BCUT2D eigenvalue weighted by atomic mass is 32.2. The lowest BCUT2D eigenvalue weighted by molar-refractivity contribution is -0.140. The van der Waals surface area contributed by atoms with Crippen LogP contribution in [0.5, 0.6) is 0 Å². The van der Waals surface area contributed by atoms with E-state index >= 15 is 0 Å². The van der Waals surface area contributed by atoms with Crippen molar-refractivity contribution in [3.8, 4) is 0 Å². The molecule has 1 N–H and O–H groups in total. The van der Waals surface area contributed by atoms with Gasteiger partial charge in [0.05, 0.1) is 29.0 Å². The van der Waals surface area contributed by atoms with Gasteiger partial charge < -0.3 is 10.1 Å². The summed E-state index contributed by atoms with van der Waals surface area (Å²) in [7, 11) is -5.87. The van der Waals surface area contributed by atoms with Crippen molar-refractivity contribution < 1.29 is 26.4 Å². The second kappa shape index (κ2) is 6.44. The van der Waals surface area contributed by atoms with E-state index < -0.39 is 25.6 Å². The number of methoxy groups -OCH3 is 1. The van der Waals surface area contributed by atoms with Crippen molar-refractivity contribution in [2.75, 3.05) is 31.5 Å². The monoisotopic (exact) mass is 335 g/mol. The fourth-order valence-electron chi connectivity index (χ4n) is 1.59. The number of ether oxygens (including phenoxy) is 1. The van der Waals surface area contributed by atoms with Crippen molar-refractivity contribution in [3.05, 3.63) is 18.2 Å². The summed E-state index contributed by atoms with van der Waals surface area (Å²) >= 11 is 0. The second-order valence-corrected chi connectivity index (χ2v) is 8.46. The quantitative estimate of drug-likeness (QED) is 0.753. The Hall–Kier alpha value is -1.61. The zero-order valence-corrected chi connectivity index (χ0v) is 13.5. The third kappa shape index (κ3) is 5.01. The first-order chi connectivity index (χ1) is 9.55. The molecule has 0 atom stereocenters. The van der Waals surface area contributed by atoms with Gasteiger partial charge in [0.15, 0.2) is 19.7 Å². The van der Waals surface area contributed by atoms with Gasteiger partial charge in [-0.1, -0.05) is 0 Å². The Morgan fingerprint density at radius 2 is 1.76 bits per heavy atom. The molecule has 0 unspecified atom stereocenters. The molecule has 0 aliphatic rings. The minimum atomic E-state index is -3.62. The van der Waals surface area contributed by atoms with E-state index in [1.165, 1.54) is 19.2 Å². The minimum absolute atomic E-state index is 0.0630. The fraction of sp³-hybridized carbons (Fsp3) is 0.417. The minimum Gasteiger partial charge on any atom is -0.469 e. The summed E-state index contributed by atoms with van der Waals surface area (Å²) in [5.74, 6) is -0.434. The highest BCUT2D eigenvalue weighted by molar-refractivity contribution is 7.91. The molecule has 118 valence electrons. The zero-order valence-electron chi connectivity index (χ0n) is 11.9. The van der Waals surface area contributed by atoms with E-state index in [1.54, 1.807) is 0 Å². The average Bonchev–Trinajstić information content (AvgIpc) is 2.36. The van der Waals surface area contributed by atoms with Gasteiger partial charge in [0.1, 0.15) is 0 Å². The highest BCUT2D eigenvalue weighted by Crippen LogP contribution is 2.25. The molecule has 0 heterocycles. The van der Waals surface area contributed by atoms with Crippen molar-refractivity contribution in [2.24, 2.45) is 0 Å². The van der Waals surface area contributed by atoms with Crippen molar-refractivity contribution in [2.45, 2.75) is 16.2 Å². The Bertz CT molecular complexity index is 737. The molecule has 0 radical (unpaired) electrons. The van der Waals surface area contributed by atoms with Gasteiger partial charge in [-0.05, 0) is 18.2 Å². The van der Waals surface area contributed by atoms with Crippen LogP contribution in [0.15, 0.2) is 28.0 Å². The van der Waals surface area contributed by atoms with E-state index in [0.29, 0.717) is 0 Å². The van der Waals surface area contributed by atoms with E-state index in [2.05, 4.69) is 10.1 Å².